The molecule has 234 valence electrons. The Kier molecular flexibility index (Phi) is 13.1. The van der Waals surface area contributed by atoms with E-state index >= 15 is 0 Å². The first-order valence-corrected chi connectivity index (χ1v) is 15.4. The number of phenolic OH excluding ortho intramolecular Hbond substituents is 2. The van der Waals surface area contributed by atoms with Crippen molar-refractivity contribution in [3.63, 3.8) is 0 Å². The van der Waals surface area contributed by atoms with Crippen molar-refractivity contribution in [2.24, 2.45) is 5.73 Å². The van der Waals surface area contributed by atoms with Crippen LogP contribution in [0.15, 0.2) is 78.9 Å². The number of rotatable bonds is 16. The van der Waals surface area contributed by atoms with Crippen molar-refractivity contribution in [3.8, 4) is 11.5 Å². The molecule has 0 aromatic heterocycles. The molecule has 4 unspecified atom stereocenters. The average Bonchev–Trinajstić information content (AvgIpc) is 3.00. The summed E-state index contributed by atoms with van der Waals surface area (Å²) >= 11 is 1.48. The molecular weight excluding hydrogens is 584 g/mol. The average molecular weight is 623 g/mol. The van der Waals surface area contributed by atoms with Crippen LogP contribution in [-0.4, -0.2) is 75.2 Å². The molecule has 0 aliphatic rings. The lowest BCUT2D eigenvalue weighted by Gasteiger charge is -2.25. The van der Waals surface area contributed by atoms with Crippen LogP contribution >= 0.6 is 11.8 Å². The van der Waals surface area contributed by atoms with E-state index in [4.69, 9.17) is 5.73 Å². The lowest BCUT2D eigenvalue weighted by molar-refractivity contribution is -0.142. The summed E-state index contributed by atoms with van der Waals surface area (Å²) in [4.78, 5) is 52.0. The van der Waals surface area contributed by atoms with Gasteiger partial charge in [0.25, 0.3) is 0 Å². The Labute approximate surface area is 260 Å². The molecule has 12 heteroatoms. The Balaban J connectivity index is 1.77. The molecule has 0 bridgehead atoms. The fraction of sp³-hybridized carbons (Fsp3) is 0.312. The highest BCUT2D eigenvalue weighted by Crippen LogP contribution is 2.14. The molecule has 3 rings (SSSR count). The highest BCUT2D eigenvalue weighted by Gasteiger charge is 2.30. The first-order chi connectivity index (χ1) is 21.0. The Morgan fingerprint density at radius 3 is 1.64 bits per heavy atom. The van der Waals surface area contributed by atoms with E-state index in [0.717, 1.165) is 5.56 Å². The third-order valence-corrected chi connectivity index (χ3v) is 7.52. The van der Waals surface area contributed by atoms with Crippen LogP contribution in [-0.2, 0) is 38.4 Å². The second-order valence-electron chi connectivity index (χ2n) is 10.3. The topological polar surface area (TPSA) is 191 Å². The second-order valence-corrected chi connectivity index (χ2v) is 11.3. The van der Waals surface area contributed by atoms with Gasteiger partial charge in [0.2, 0.25) is 17.7 Å². The quantitative estimate of drug-likeness (QED) is 0.125. The number of nitrogens with two attached hydrogens (primary N) is 1. The van der Waals surface area contributed by atoms with Gasteiger partial charge in [-0.3, -0.25) is 14.4 Å². The summed E-state index contributed by atoms with van der Waals surface area (Å²) in [6.07, 6.45) is 2.32. The van der Waals surface area contributed by atoms with Crippen LogP contribution in [0.1, 0.15) is 23.1 Å². The summed E-state index contributed by atoms with van der Waals surface area (Å²) in [6, 6.07) is 16.8. The fourth-order valence-corrected chi connectivity index (χ4v) is 4.90. The molecular formula is C32H38N4O7S. The zero-order valence-electron chi connectivity index (χ0n) is 24.3. The van der Waals surface area contributed by atoms with Crippen molar-refractivity contribution in [1.82, 2.24) is 16.0 Å². The van der Waals surface area contributed by atoms with E-state index in [-0.39, 0.29) is 37.2 Å². The van der Waals surface area contributed by atoms with E-state index in [0.29, 0.717) is 16.9 Å². The van der Waals surface area contributed by atoms with Crippen LogP contribution < -0.4 is 21.7 Å². The van der Waals surface area contributed by atoms with Gasteiger partial charge in [-0.05, 0) is 65.8 Å². The van der Waals surface area contributed by atoms with E-state index < -0.39 is 47.9 Å². The summed E-state index contributed by atoms with van der Waals surface area (Å²) < 4.78 is 0. The smallest absolute Gasteiger partial charge is 0.326 e. The van der Waals surface area contributed by atoms with Crippen molar-refractivity contribution in [1.29, 1.82) is 0 Å². The van der Waals surface area contributed by atoms with Gasteiger partial charge >= 0.3 is 5.97 Å². The minimum absolute atomic E-state index is 0.0138. The highest BCUT2D eigenvalue weighted by molar-refractivity contribution is 7.98. The third-order valence-electron chi connectivity index (χ3n) is 6.88. The van der Waals surface area contributed by atoms with E-state index in [1.165, 1.54) is 36.0 Å². The zero-order valence-corrected chi connectivity index (χ0v) is 25.1. The van der Waals surface area contributed by atoms with E-state index in [1.54, 1.807) is 24.3 Å². The fourth-order valence-electron chi connectivity index (χ4n) is 4.43. The number of nitrogens with one attached hydrogen (secondary N) is 3. The van der Waals surface area contributed by atoms with Crippen LogP contribution in [0, 0.1) is 0 Å². The summed E-state index contributed by atoms with van der Waals surface area (Å²) in [7, 11) is 0. The zero-order chi connectivity index (χ0) is 32.1. The van der Waals surface area contributed by atoms with Gasteiger partial charge in [-0.25, -0.2) is 4.79 Å². The third kappa shape index (κ3) is 10.9. The lowest BCUT2D eigenvalue weighted by atomic mass is 10.0. The Hall–Kier alpha value is -4.55. The number of benzene rings is 3. The molecule has 0 aliphatic heterocycles. The Bertz CT molecular complexity index is 1390. The predicted molar refractivity (Wildman–Crippen MR) is 168 cm³/mol. The molecule has 0 saturated heterocycles. The predicted octanol–water partition coefficient (Wildman–Crippen LogP) is 1.75. The summed E-state index contributed by atoms with van der Waals surface area (Å²) in [5.41, 5.74) is 8.18. The molecule has 3 aromatic rings. The van der Waals surface area contributed by atoms with Crippen LogP contribution in [0.5, 0.6) is 11.5 Å². The minimum atomic E-state index is -1.32. The van der Waals surface area contributed by atoms with Crippen LogP contribution in [0.3, 0.4) is 0 Å². The summed E-state index contributed by atoms with van der Waals surface area (Å²) in [5.74, 6) is -2.59. The molecule has 3 aromatic carbocycles. The molecule has 4 atom stereocenters. The first-order valence-electron chi connectivity index (χ1n) is 14.0. The van der Waals surface area contributed by atoms with Crippen molar-refractivity contribution in [2.75, 3.05) is 12.0 Å². The van der Waals surface area contributed by atoms with Crippen molar-refractivity contribution in [2.45, 2.75) is 49.9 Å². The molecule has 0 spiro atoms. The van der Waals surface area contributed by atoms with Gasteiger partial charge in [0, 0.05) is 12.8 Å². The Morgan fingerprint density at radius 2 is 1.11 bits per heavy atom. The number of amides is 3. The molecule has 11 nitrogen and oxygen atoms in total. The normalized spacial score (nSPS) is 13.6. The molecule has 44 heavy (non-hydrogen) atoms. The minimum Gasteiger partial charge on any atom is -0.508 e. The van der Waals surface area contributed by atoms with Crippen LogP contribution in [0.2, 0.25) is 0 Å². The molecule has 0 radical (unpaired) electrons. The first kappa shape index (κ1) is 33.9. The molecule has 0 fully saturated rings. The molecule has 0 aliphatic carbocycles. The molecule has 8 N–H and O–H groups in total. The maximum atomic E-state index is 13.5. The van der Waals surface area contributed by atoms with Gasteiger partial charge in [-0.15, -0.1) is 0 Å². The van der Waals surface area contributed by atoms with E-state index in [1.807, 2.05) is 36.6 Å². The van der Waals surface area contributed by atoms with Gasteiger partial charge in [-0.1, -0.05) is 54.6 Å². The highest BCUT2D eigenvalue weighted by atomic mass is 32.2. The number of carboxylic acids is 1. The number of aliphatic carboxylic acids is 1. The summed E-state index contributed by atoms with van der Waals surface area (Å²) in [6.45, 7) is 0. The van der Waals surface area contributed by atoms with Gasteiger partial charge < -0.3 is 37.0 Å². The van der Waals surface area contributed by atoms with Gasteiger partial charge in [0.15, 0.2) is 0 Å². The van der Waals surface area contributed by atoms with E-state index in [9.17, 15) is 34.5 Å². The number of hydrogen-bond donors (Lipinski definition) is 7. The van der Waals surface area contributed by atoms with Crippen molar-refractivity contribution < 1.29 is 34.5 Å². The second kappa shape index (κ2) is 16.9. The van der Waals surface area contributed by atoms with Gasteiger partial charge in [0.1, 0.15) is 29.6 Å². The number of thioether (sulfide) groups is 1. The van der Waals surface area contributed by atoms with Gasteiger partial charge in [-0.2, -0.15) is 11.8 Å². The monoisotopic (exact) mass is 622 g/mol. The number of carbonyl (C=O) groups is 4. The summed E-state index contributed by atoms with van der Waals surface area (Å²) in [5, 5.41) is 37.0. The van der Waals surface area contributed by atoms with Crippen LogP contribution in [0.25, 0.3) is 0 Å². The van der Waals surface area contributed by atoms with E-state index in [2.05, 4.69) is 16.0 Å². The lowest BCUT2D eigenvalue weighted by Crippen LogP contribution is -2.58. The van der Waals surface area contributed by atoms with Crippen molar-refractivity contribution >= 4 is 35.5 Å². The molecule has 0 heterocycles. The Morgan fingerprint density at radius 1 is 0.659 bits per heavy atom. The number of hydrogen-bond acceptors (Lipinski definition) is 8. The number of carbonyl (C=O) groups excluding carboxylic acids is 3. The maximum absolute atomic E-state index is 13.5. The number of phenols is 2. The SMILES string of the molecule is CSCCC(NC(=O)C(N)Cc1ccccc1)C(=O)NC(Cc1ccc(O)cc1)C(=O)NC(Cc1ccc(O)cc1)C(=O)O. The largest absolute Gasteiger partial charge is 0.508 e. The van der Waals surface area contributed by atoms with Crippen molar-refractivity contribution in [3.05, 3.63) is 95.6 Å². The number of aromatic hydroxyl groups is 2. The van der Waals surface area contributed by atoms with Crippen LogP contribution in [0.4, 0.5) is 0 Å². The molecule has 3 amide bonds. The number of carboxylic acid groups (broad SMARTS) is 1. The standard InChI is InChI=1S/C32H38N4O7S/c1-44-16-15-26(34-29(39)25(33)17-20-5-3-2-4-6-20)30(40)35-27(18-21-7-11-23(37)12-8-21)31(41)36-28(32(42)43)19-22-9-13-24(38)14-10-22/h2-14,25-28,37-38H,15-19,33H2,1H3,(H,34,39)(H,35,40)(H,36,41)(H,42,43). The van der Waals surface area contributed by atoms with Gasteiger partial charge in [0.05, 0.1) is 6.04 Å². The molecule has 0 saturated carbocycles. The maximum Gasteiger partial charge on any atom is 0.326 e.